The van der Waals surface area contributed by atoms with Crippen molar-refractivity contribution >= 4 is 18.0 Å². The van der Waals surface area contributed by atoms with Gasteiger partial charge in [0.15, 0.2) is 0 Å². The second kappa shape index (κ2) is 7.27. The summed E-state index contributed by atoms with van der Waals surface area (Å²) < 4.78 is 9.24. The lowest BCUT2D eigenvalue weighted by molar-refractivity contribution is -0.140. The Morgan fingerprint density at radius 3 is 2.28 bits per heavy atom. The van der Waals surface area contributed by atoms with Gasteiger partial charge in [-0.05, 0) is 18.1 Å². The second-order valence-corrected chi connectivity index (χ2v) is 3.65. The quantitative estimate of drug-likeness (QED) is 0.592. The van der Waals surface area contributed by atoms with Gasteiger partial charge >= 0.3 is 11.9 Å². The van der Waals surface area contributed by atoms with Crippen LogP contribution in [0.1, 0.15) is 18.4 Å². The molecule has 0 unspecified atom stereocenters. The zero-order valence-corrected chi connectivity index (χ0v) is 10.5. The van der Waals surface area contributed by atoms with Gasteiger partial charge in [-0.25, -0.2) is 4.79 Å². The van der Waals surface area contributed by atoms with Crippen molar-refractivity contribution in [3.05, 3.63) is 41.5 Å². The van der Waals surface area contributed by atoms with Crippen molar-refractivity contribution in [3.63, 3.8) is 0 Å². The Morgan fingerprint density at radius 1 is 1.06 bits per heavy atom. The van der Waals surface area contributed by atoms with Crippen LogP contribution in [0.25, 0.3) is 6.08 Å². The highest BCUT2D eigenvalue weighted by molar-refractivity contribution is 5.94. The van der Waals surface area contributed by atoms with Gasteiger partial charge in [-0.3, -0.25) is 4.79 Å². The van der Waals surface area contributed by atoms with Crippen LogP contribution in [0.5, 0.6) is 0 Å². The van der Waals surface area contributed by atoms with E-state index in [9.17, 15) is 9.59 Å². The molecule has 0 aromatic heterocycles. The van der Waals surface area contributed by atoms with E-state index < -0.39 is 5.97 Å². The van der Waals surface area contributed by atoms with Crippen LogP contribution < -0.4 is 0 Å². The minimum atomic E-state index is -0.428. The minimum absolute atomic E-state index is 0.157. The summed E-state index contributed by atoms with van der Waals surface area (Å²) in [5.41, 5.74) is 1.34. The van der Waals surface area contributed by atoms with Gasteiger partial charge in [0.05, 0.1) is 14.2 Å². The van der Waals surface area contributed by atoms with Crippen molar-refractivity contribution in [3.8, 4) is 0 Å². The summed E-state index contributed by atoms with van der Waals surface area (Å²) in [6.45, 7) is 0. The average molecular weight is 248 g/mol. The van der Waals surface area contributed by atoms with E-state index in [0.717, 1.165) is 5.56 Å². The topological polar surface area (TPSA) is 52.6 Å². The van der Waals surface area contributed by atoms with E-state index in [2.05, 4.69) is 4.74 Å². The number of hydrogen-bond acceptors (Lipinski definition) is 4. The van der Waals surface area contributed by atoms with Crippen LogP contribution in [0.4, 0.5) is 0 Å². The molecular weight excluding hydrogens is 232 g/mol. The number of hydrogen-bond donors (Lipinski definition) is 0. The van der Waals surface area contributed by atoms with Crippen LogP contribution in [0, 0.1) is 0 Å². The highest BCUT2D eigenvalue weighted by Crippen LogP contribution is 2.13. The van der Waals surface area contributed by atoms with E-state index in [4.69, 9.17) is 4.74 Å². The lowest BCUT2D eigenvalue weighted by Gasteiger charge is -2.05. The molecule has 0 N–H and O–H groups in total. The summed E-state index contributed by atoms with van der Waals surface area (Å²) >= 11 is 0. The predicted molar refractivity (Wildman–Crippen MR) is 67.7 cm³/mol. The van der Waals surface area contributed by atoms with Crippen molar-refractivity contribution in [1.29, 1.82) is 0 Å². The smallest absolute Gasteiger partial charge is 0.333 e. The molecular formula is C14H16O4. The minimum Gasteiger partial charge on any atom is -0.469 e. The molecule has 0 aliphatic rings. The van der Waals surface area contributed by atoms with Crippen LogP contribution in [0.2, 0.25) is 0 Å². The Hall–Kier alpha value is -2.10. The van der Waals surface area contributed by atoms with Gasteiger partial charge in [0, 0.05) is 12.0 Å². The molecule has 0 radical (unpaired) electrons. The van der Waals surface area contributed by atoms with E-state index in [1.54, 1.807) is 6.08 Å². The molecule has 18 heavy (non-hydrogen) atoms. The number of benzene rings is 1. The molecule has 0 aliphatic heterocycles. The average Bonchev–Trinajstić information content (AvgIpc) is 2.43. The molecule has 4 heteroatoms. The molecule has 0 bridgehead atoms. The monoisotopic (exact) mass is 248 g/mol. The molecule has 0 saturated heterocycles. The molecule has 96 valence electrons. The van der Waals surface area contributed by atoms with Gasteiger partial charge < -0.3 is 9.47 Å². The fourth-order valence-corrected chi connectivity index (χ4v) is 1.45. The van der Waals surface area contributed by atoms with Crippen molar-refractivity contribution in [2.24, 2.45) is 0 Å². The standard InChI is InChI=1S/C14H16O4/c1-17-13(15)9-8-12(14(16)18-2)10-11-6-4-3-5-7-11/h3-7,10H,8-9H2,1-2H3/b12-10+. The maximum atomic E-state index is 11.6. The highest BCUT2D eigenvalue weighted by Gasteiger charge is 2.12. The molecule has 1 rings (SSSR count). The normalized spacial score (nSPS) is 10.9. The van der Waals surface area contributed by atoms with E-state index in [0.29, 0.717) is 12.0 Å². The molecule has 0 spiro atoms. The Kier molecular flexibility index (Phi) is 5.64. The Balaban J connectivity index is 2.82. The summed E-state index contributed by atoms with van der Waals surface area (Å²) in [6, 6.07) is 9.40. The van der Waals surface area contributed by atoms with Gasteiger partial charge in [0.25, 0.3) is 0 Å². The third-order valence-corrected chi connectivity index (χ3v) is 2.41. The summed E-state index contributed by atoms with van der Waals surface area (Å²) in [6.07, 6.45) is 2.17. The van der Waals surface area contributed by atoms with Crippen LogP contribution in [0.15, 0.2) is 35.9 Å². The number of carbonyl (C=O) groups excluding carboxylic acids is 2. The molecule has 0 saturated carbocycles. The number of rotatable bonds is 5. The van der Waals surface area contributed by atoms with Crippen LogP contribution >= 0.6 is 0 Å². The summed E-state index contributed by atoms with van der Waals surface area (Å²) in [4.78, 5) is 22.7. The first kappa shape index (κ1) is 14.0. The van der Waals surface area contributed by atoms with Gasteiger partial charge in [-0.15, -0.1) is 0 Å². The zero-order valence-electron chi connectivity index (χ0n) is 10.5. The van der Waals surface area contributed by atoms with Crippen LogP contribution in [-0.2, 0) is 19.1 Å². The third kappa shape index (κ3) is 4.41. The summed E-state index contributed by atoms with van der Waals surface area (Å²) in [5, 5.41) is 0. The fourth-order valence-electron chi connectivity index (χ4n) is 1.45. The second-order valence-electron chi connectivity index (χ2n) is 3.65. The summed E-state index contributed by atoms with van der Waals surface area (Å²) in [5.74, 6) is -0.777. The van der Waals surface area contributed by atoms with Crippen molar-refractivity contribution < 1.29 is 19.1 Å². The molecule has 1 aromatic rings. The zero-order chi connectivity index (χ0) is 13.4. The predicted octanol–water partition coefficient (Wildman–Crippen LogP) is 2.20. The maximum absolute atomic E-state index is 11.6. The fraction of sp³-hybridized carbons (Fsp3) is 0.286. The SMILES string of the molecule is COC(=O)CC/C(=C\c1ccccc1)C(=O)OC. The van der Waals surface area contributed by atoms with Gasteiger partial charge in [0.2, 0.25) is 0 Å². The van der Waals surface area contributed by atoms with Crippen LogP contribution in [0.3, 0.4) is 0 Å². The lowest BCUT2D eigenvalue weighted by atomic mass is 10.1. The Labute approximate surface area is 106 Å². The lowest BCUT2D eigenvalue weighted by Crippen LogP contribution is -2.08. The van der Waals surface area contributed by atoms with Crippen molar-refractivity contribution in [1.82, 2.24) is 0 Å². The van der Waals surface area contributed by atoms with Gasteiger partial charge in [-0.1, -0.05) is 30.3 Å². The molecule has 0 fully saturated rings. The first-order valence-electron chi connectivity index (χ1n) is 5.58. The van der Waals surface area contributed by atoms with Gasteiger partial charge in [-0.2, -0.15) is 0 Å². The first-order chi connectivity index (χ1) is 8.67. The summed E-state index contributed by atoms with van der Waals surface area (Å²) in [7, 11) is 2.64. The number of carbonyl (C=O) groups is 2. The number of esters is 2. The first-order valence-corrected chi connectivity index (χ1v) is 5.58. The largest absolute Gasteiger partial charge is 0.469 e. The Bertz CT molecular complexity index is 434. The molecule has 4 nitrogen and oxygen atoms in total. The van der Waals surface area contributed by atoms with E-state index in [-0.39, 0.29) is 12.4 Å². The molecule has 0 atom stereocenters. The maximum Gasteiger partial charge on any atom is 0.333 e. The number of methoxy groups -OCH3 is 2. The number of ether oxygens (including phenoxy) is 2. The highest BCUT2D eigenvalue weighted by atomic mass is 16.5. The van der Waals surface area contributed by atoms with Crippen LogP contribution in [-0.4, -0.2) is 26.2 Å². The van der Waals surface area contributed by atoms with Gasteiger partial charge in [0.1, 0.15) is 0 Å². The van der Waals surface area contributed by atoms with E-state index in [1.165, 1.54) is 14.2 Å². The van der Waals surface area contributed by atoms with E-state index >= 15 is 0 Å². The molecule has 1 aromatic carbocycles. The molecule has 0 aliphatic carbocycles. The van der Waals surface area contributed by atoms with Crippen molar-refractivity contribution in [2.75, 3.05) is 14.2 Å². The van der Waals surface area contributed by atoms with E-state index in [1.807, 2.05) is 30.3 Å². The third-order valence-electron chi connectivity index (χ3n) is 2.41. The Morgan fingerprint density at radius 2 is 1.72 bits per heavy atom. The molecule has 0 heterocycles. The van der Waals surface area contributed by atoms with Crippen molar-refractivity contribution in [2.45, 2.75) is 12.8 Å². The molecule has 0 amide bonds.